The molecule has 32 heavy (non-hydrogen) atoms. The molecule has 0 unspecified atom stereocenters. The molecule has 0 radical (unpaired) electrons. The molecule has 0 aliphatic carbocycles. The summed E-state index contributed by atoms with van der Waals surface area (Å²) in [5.74, 6) is 0.530. The zero-order valence-electron chi connectivity index (χ0n) is 17.6. The Labute approximate surface area is 193 Å². The molecule has 3 aromatic rings. The van der Waals surface area contributed by atoms with Gasteiger partial charge in [-0.05, 0) is 24.1 Å². The van der Waals surface area contributed by atoms with E-state index in [-0.39, 0.29) is 17.6 Å². The summed E-state index contributed by atoms with van der Waals surface area (Å²) in [6, 6.07) is 5.29. The predicted molar refractivity (Wildman–Crippen MR) is 125 cm³/mol. The zero-order valence-corrected chi connectivity index (χ0v) is 19.2. The van der Waals surface area contributed by atoms with Crippen LogP contribution in [-0.4, -0.2) is 66.7 Å². The highest BCUT2D eigenvalue weighted by atomic mass is 32.2. The molecule has 2 aromatic heterocycles. The van der Waals surface area contributed by atoms with Gasteiger partial charge in [-0.1, -0.05) is 42.5 Å². The van der Waals surface area contributed by atoms with Crippen molar-refractivity contribution in [1.29, 1.82) is 0 Å². The lowest BCUT2D eigenvalue weighted by molar-refractivity contribution is -0.151. The lowest BCUT2D eigenvalue weighted by atomic mass is 10.0. The summed E-state index contributed by atoms with van der Waals surface area (Å²) in [7, 11) is 0. The molecule has 1 fully saturated rings. The van der Waals surface area contributed by atoms with Gasteiger partial charge < -0.3 is 21.3 Å². The number of fused-ring (bicyclic) bond motifs is 1. The first-order valence-electron chi connectivity index (χ1n) is 10.3. The highest BCUT2D eigenvalue weighted by Gasteiger charge is 2.36. The molecule has 1 aliphatic rings. The number of anilines is 2. The Morgan fingerprint density at radius 2 is 2.09 bits per heavy atom. The molecule has 0 spiro atoms. The van der Waals surface area contributed by atoms with E-state index >= 15 is 0 Å². The molecule has 1 aliphatic heterocycles. The average molecular weight is 473 g/mol. The average Bonchev–Trinajstić information content (AvgIpc) is 3.20. The maximum atomic E-state index is 13.3. The van der Waals surface area contributed by atoms with Gasteiger partial charge in [0, 0.05) is 25.0 Å². The molecule has 12 heteroatoms. The van der Waals surface area contributed by atoms with Crippen LogP contribution in [0.25, 0.3) is 10.9 Å². The first-order valence-corrected chi connectivity index (χ1v) is 12.1. The first-order chi connectivity index (χ1) is 15.5. The van der Waals surface area contributed by atoms with E-state index in [1.807, 2.05) is 30.0 Å². The van der Waals surface area contributed by atoms with Gasteiger partial charge in [-0.15, -0.1) is 10.2 Å². The van der Waals surface area contributed by atoms with Gasteiger partial charge in [-0.25, -0.2) is 9.97 Å². The van der Waals surface area contributed by atoms with Gasteiger partial charge >= 0.3 is 0 Å². The standard InChI is InChI=1S/C20H24N8O2S2/c1-2-3-15-18(30)27(9-12-4-5-13-14(8-12)23-11-24-17(13)21)6-7-28(15)16(29)10-31-20-26-25-19(22)32-20/h4-5,8,11,15H,2-3,6-7,9-10H2,1H3,(H2,22,25)(H2,21,23,24)/t15-/m0/s1. The van der Waals surface area contributed by atoms with E-state index in [1.165, 1.54) is 29.4 Å². The Balaban J connectivity index is 1.44. The van der Waals surface area contributed by atoms with Crippen molar-refractivity contribution in [3.05, 3.63) is 30.1 Å². The number of nitrogen functional groups attached to an aromatic ring is 2. The molecule has 4 N–H and O–H groups in total. The molecular formula is C20H24N8O2S2. The van der Waals surface area contributed by atoms with Crippen LogP contribution < -0.4 is 11.5 Å². The third-order valence-corrected chi connectivity index (χ3v) is 7.18. The summed E-state index contributed by atoms with van der Waals surface area (Å²) in [6.45, 7) is 3.45. The van der Waals surface area contributed by atoms with Crippen LogP contribution in [0.2, 0.25) is 0 Å². The van der Waals surface area contributed by atoms with E-state index in [0.717, 1.165) is 22.9 Å². The molecule has 2 amide bonds. The van der Waals surface area contributed by atoms with E-state index in [1.54, 1.807) is 4.90 Å². The van der Waals surface area contributed by atoms with E-state index in [2.05, 4.69) is 20.2 Å². The lowest BCUT2D eigenvalue weighted by Crippen LogP contribution is -2.58. The number of hydrogen-bond acceptors (Lipinski definition) is 10. The van der Waals surface area contributed by atoms with Crippen LogP contribution in [0.4, 0.5) is 10.9 Å². The van der Waals surface area contributed by atoms with Gasteiger partial charge in [0.25, 0.3) is 0 Å². The number of aromatic nitrogens is 4. The Morgan fingerprint density at radius 1 is 1.25 bits per heavy atom. The van der Waals surface area contributed by atoms with Gasteiger partial charge in [0.15, 0.2) is 4.34 Å². The minimum Gasteiger partial charge on any atom is -0.383 e. The fourth-order valence-electron chi connectivity index (χ4n) is 3.77. The van der Waals surface area contributed by atoms with Gasteiger partial charge in [0.1, 0.15) is 18.2 Å². The number of carbonyl (C=O) groups excluding carboxylic acids is 2. The Morgan fingerprint density at radius 3 is 2.84 bits per heavy atom. The third-order valence-electron chi connectivity index (χ3n) is 5.31. The van der Waals surface area contributed by atoms with Crippen LogP contribution in [-0.2, 0) is 16.1 Å². The van der Waals surface area contributed by atoms with Crippen LogP contribution in [0, 0.1) is 0 Å². The van der Waals surface area contributed by atoms with E-state index in [9.17, 15) is 9.59 Å². The maximum Gasteiger partial charge on any atom is 0.245 e. The number of hydrogen-bond donors (Lipinski definition) is 2. The summed E-state index contributed by atoms with van der Waals surface area (Å²) < 4.78 is 0.647. The quantitative estimate of drug-likeness (QED) is 0.491. The molecule has 0 bridgehead atoms. The summed E-state index contributed by atoms with van der Waals surface area (Å²) in [5.41, 5.74) is 13.2. The van der Waals surface area contributed by atoms with Crippen molar-refractivity contribution in [3.63, 3.8) is 0 Å². The monoisotopic (exact) mass is 472 g/mol. The number of piperazine rings is 1. The second-order valence-electron chi connectivity index (χ2n) is 7.46. The maximum absolute atomic E-state index is 13.3. The molecule has 4 rings (SSSR count). The molecule has 10 nitrogen and oxygen atoms in total. The Bertz CT molecular complexity index is 1140. The molecule has 1 saturated heterocycles. The fraction of sp³-hybridized carbons (Fsp3) is 0.400. The van der Waals surface area contributed by atoms with Crippen LogP contribution >= 0.6 is 23.1 Å². The minimum absolute atomic E-state index is 0.0288. The smallest absolute Gasteiger partial charge is 0.245 e. The second-order valence-corrected chi connectivity index (χ2v) is 9.69. The largest absolute Gasteiger partial charge is 0.383 e. The number of thioether (sulfide) groups is 1. The highest BCUT2D eigenvalue weighted by molar-refractivity contribution is 8.01. The number of nitrogens with two attached hydrogens (primary N) is 2. The molecule has 1 atom stereocenters. The molecule has 1 aromatic carbocycles. The molecule has 168 valence electrons. The van der Waals surface area contributed by atoms with Gasteiger partial charge in [0.05, 0.1) is 11.3 Å². The number of nitrogens with zero attached hydrogens (tertiary/aromatic N) is 6. The van der Waals surface area contributed by atoms with Crippen LogP contribution in [0.5, 0.6) is 0 Å². The van der Waals surface area contributed by atoms with Crippen LogP contribution in [0.1, 0.15) is 25.3 Å². The van der Waals surface area contributed by atoms with Crippen molar-refractivity contribution in [2.24, 2.45) is 0 Å². The van der Waals surface area contributed by atoms with Crippen molar-refractivity contribution in [2.75, 3.05) is 30.3 Å². The Kier molecular flexibility index (Phi) is 6.70. The predicted octanol–water partition coefficient (Wildman–Crippen LogP) is 1.78. The second kappa shape index (κ2) is 9.65. The van der Waals surface area contributed by atoms with E-state index in [0.29, 0.717) is 41.3 Å². The van der Waals surface area contributed by atoms with Crippen molar-refractivity contribution in [2.45, 2.75) is 36.7 Å². The number of benzene rings is 1. The Hall–Kier alpha value is -2.99. The topological polar surface area (TPSA) is 144 Å². The van der Waals surface area contributed by atoms with Crippen molar-refractivity contribution >= 4 is 56.8 Å². The van der Waals surface area contributed by atoms with Gasteiger partial charge in [-0.2, -0.15) is 0 Å². The number of rotatable bonds is 7. The van der Waals surface area contributed by atoms with Crippen LogP contribution in [0.3, 0.4) is 0 Å². The molecular weight excluding hydrogens is 448 g/mol. The van der Waals surface area contributed by atoms with E-state index in [4.69, 9.17) is 11.5 Å². The summed E-state index contributed by atoms with van der Waals surface area (Å²) >= 11 is 2.54. The summed E-state index contributed by atoms with van der Waals surface area (Å²) in [5, 5.41) is 8.85. The van der Waals surface area contributed by atoms with Crippen molar-refractivity contribution in [3.8, 4) is 0 Å². The molecule has 0 saturated carbocycles. The number of carbonyl (C=O) groups is 2. The van der Waals surface area contributed by atoms with E-state index < -0.39 is 6.04 Å². The highest BCUT2D eigenvalue weighted by Crippen LogP contribution is 2.26. The van der Waals surface area contributed by atoms with Crippen molar-refractivity contribution in [1.82, 2.24) is 30.0 Å². The van der Waals surface area contributed by atoms with Gasteiger partial charge in [0.2, 0.25) is 16.9 Å². The van der Waals surface area contributed by atoms with Crippen LogP contribution in [0.15, 0.2) is 28.9 Å². The van der Waals surface area contributed by atoms with Gasteiger partial charge in [-0.3, -0.25) is 9.59 Å². The van der Waals surface area contributed by atoms with Crippen molar-refractivity contribution < 1.29 is 9.59 Å². The number of amides is 2. The minimum atomic E-state index is -0.459. The lowest BCUT2D eigenvalue weighted by Gasteiger charge is -2.40. The normalized spacial score (nSPS) is 16.7. The molecule has 3 heterocycles. The summed E-state index contributed by atoms with van der Waals surface area (Å²) in [4.78, 5) is 38.0. The zero-order chi connectivity index (χ0) is 22.7. The summed E-state index contributed by atoms with van der Waals surface area (Å²) in [6.07, 6.45) is 2.86. The first kappa shape index (κ1) is 22.2. The fourth-order valence-corrected chi connectivity index (χ4v) is 5.30. The third kappa shape index (κ3) is 4.75. The SMILES string of the molecule is CCC[C@H]1C(=O)N(Cc2ccc3c(N)ncnc3c2)CCN1C(=O)CSc1nnc(N)s1.